The molecule has 2 N–H and O–H groups in total. The summed E-state index contributed by atoms with van der Waals surface area (Å²) in [4.78, 5) is 27.8. The van der Waals surface area contributed by atoms with Crippen LogP contribution in [-0.4, -0.2) is 57.3 Å². The van der Waals surface area contributed by atoms with Gasteiger partial charge in [-0.2, -0.15) is 0 Å². The SMILES string of the molecule is CN1CCN(C(=O)c2cccc3cc[nH]c23)C[C@H]1c1ncc[nH]1. The number of benzene rings is 1. The standard InChI is InChI=1S/C17H19N5O/c1-21-9-10-22(11-14(21)16-19-7-8-20-16)17(23)13-4-2-3-12-5-6-18-15(12)13/h2-8,14,18H,9-11H2,1H3,(H,19,20)/t14-/m0/s1. The average Bonchev–Trinajstić information content (AvgIpc) is 3.25. The lowest BCUT2D eigenvalue weighted by atomic mass is 10.1. The lowest BCUT2D eigenvalue weighted by molar-refractivity contribution is 0.0536. The molecule has 6 nitrogen and oxygen atoms in total. The zero-order valence-corrected chi connectivity index (χ0v) is 13.0. The van der Waals surface area contributed by atoms with Crippen molar-refractivity contribution in [2.24, 2.45) is 0 Å². The number of hydrogen-bond acceptors (Lipinski definition) is 3. The zero-order chi connectivity index (χ0) is 15.8. The van der Waals surface area contributed by atoms with Crippen LogP contribution in [0, 0.1) is 0 Å². The van der Waals surface area contributed by atoms with Gasteiger partial charge in [0.2, 0.25) is 0 Å². The van der Waals surface area contributed by atoms with Crippen LogP contribution in [-0.2, 0) is 0 Å². The van der Waals surface area contributed by atoms with E-state index in [0.717, 1.165) is 35.4 Å². The van der Waals surface area contributed by atoms with Crippen LogP contribution in [0.1, 0.15) is 22.2 Å². The topological polar surface area (TPSA) is 68.0 Å². The summed E-state index contributed by atoms with van der Waals surface area (Å²) in [6, 6.07) is 7.93. The van der Waals surface area contributed by atoms with Crippen molar-refractivity contribution in [1.82, 2.24) is 24.8 Å². The third-order valence-electron chi connectivity index (χ3n) is 4.59. The molecule has 1 aromatic carbocycles. The first-order valence-electron chi connectivity index (χ1n) is 7.79. The Labute approximate surface area is 134 Å². The molecule has 1 saturated heterocycles. The van der Waals surface area contributed by atoms with Gasteiger partial charge in [-0.05, 0) is 19.2 Å². The third kappa shape index (κ3) is 2.41. The Morgan fingerprint density at radius 3 is 2.96 bits per heavy atom. The second kappa shape index (κ2) is 5.55. The molecule has 1 aliphatic heterocycles. The number of rotatable bonds is 2. The highest BCUT2D eigenvalue weighted by Gasteiger charge is 2.30. The van der Waals surface area contributed by atoms with E-state index in [1.54, 1.807) is 6.20 Å². The van der Waals surface area contributed by atoms with Gasteiger partial charge >= 0.3 is 0 Å². The smallest absolute Gasteiger partial charge is 0.256 e. The molecule has 0 bridgehead atoms. The van der Waals surface area contributed by atoms with Gasteiger partial charge in [-0.25, -0.2) is 4.98 Å². The third-order valence-corrected chi connectivity index (χ3v) is 4.59. The lowest BCUT2D eigenvalue weighted by Crippen LogP contribution is -2.49. The van der Waals surface area contributed by atoms with Gasteiger partial charge in [0.1, 0.15) is 5.82 Å². The average molecular weight is 309 g/mol. The van der Waals surface area contributed by atoms with E-state index < -0.39 is 0 Å². The molecule has 3 heterocycles. The molecule has 6 heteroatoms. The molecule has 23 heavy (non-hydrogen) atoms. The maximum Gasteiger partial charge on any atom is 0.256 e. The number of likely N-dealkylation sites (N-methyl/N-ethyl adjacent to an activating group) is 1. The van der Waals surface area contributed by atoms with Crippen molar-refractivity contribution in [3.05, 3.63) is 54.2 Å². The monoisotopic (exact) mass is 309 g/mol. The van der Waals surface area contributed by atoms with Gasteiger partial charge in [0.15, 0.2) is 0 Å². The highest BCUT2D eigenvalue weighted by molar-refractivity contribution is 6.05. The first kappa shape index (κ1) is 14.0. The number of amides is 1. The molecule has 1 atom stereocenters. The van der Waals surface area contributed by atoms with Gasteiger partial charge in [-0.15, -0.1) is 0 Å². The molecule has 0 spiro atoms. The summed E-state index contributed by atoms with van der Waals surface area (Å²) in [5.41, 5.74) is 1.64. The van der Waals surface area contributed by atoms with E-state index in [1.807, 2.05) is 41.6 Å². The van der Waals surface area contributed by atoms with Crippen molar-refractivity contribution in [2.45, 2.75) is 6.04 Å². The fourth-order valence-corrected chi connectivity index (χ4v) is 3.25. The van der Waals surface area contributed by atoms with Crippen molar-refractivity contribution in [3.63, 3.8) is 0 Å². The fourth-order valence-electron chi connectivity index (χ4n) is 3.25. The Morgan fingerprint density at radius 2 is 2.13 bits per heavy atom. The van der Waals surface area contributed by atoms with Gasteiger partial charge < -0.3 is 14.9 Å². The van der Waals surface area contributed by atoms with Crippen molar-refractivity contribution in [1.29, 1.82) is 0 Å². The van der Waals surface area contributed by atoms with Crippen LogP contribution in [0.3, 0.4) is 0 Å². The number of fused-ring (bicyclic) bond motifs is 1. The van der Waals surface area contributed by atoms with E-state index in [9.17, 15) is 4.79 Å². The predicted molar refractivity (Wildman–Crippen MR) is 88.2 cm³/mol. The van der Waals surface area contributed by atoms with E-state index in [4.69, 9.17) is 0 Å². The van der Waals surface area contributed by atoms with Crippen molar-refractivity contribution < 1.29 is 4.79 Å². The summed E-state index contributed by atoms with van der Waals surface area (Å²) >= 11 is 0. The number of H-pyrrole nitrogens is 2. The first-order chi connectivity index (χ1) is 11.2. The van der Waals surface area contributed by atoms with Crippen molar-refractivity contribution in [3.8, 4) is 0 Å². The van der Waals surface area contributed by atoms with Crippen LogP contribution in [0.4, 0.5) is 0 Å². The van der Waals surface area contributed by atoms with Gasteiger partial charge in [-0.1, -0.05) is 12.1 Å². The minimum absolute atomic E-state index is 0.0720. The molecule has 118 valence electrons. The number of carbonyl (C=O) groups is 1. The Hall–Kier alpha value is -2.60. The van der Waals surface area contributed by atoms with E-state index >= 15 is 0 Å². The number of piperazine rings is 1. The zero-order valence-electron chi connectivity index (χ0n) is 13.0. The molecule has 1 amide bonds. The van der Waals surface area contributed by atoms with Gasteiger partial charge in [0, 0.05) is 43.6 Å². The number of nitrogens with zero attached hydrogens (tertiary/aromatic N) is 3. The van der Waals surface area contributed by atoms with E-state index in [0.29, 0.717) is 6.54 Å². The molecule has 0 unspecified atom stereocenters. The number of nitrogens with one attached hydrogen (secondary N) is 2. The summed E-state index contributed by atoms with van der Waals surface area (Å²) in [6.45, 7) is 2.20. The maximum absolute atomic E-state index is 13.0. The van der Waals surface area contributed by atoms with Gasteiger partial charge in [0.25, 0.3) is 5.91 Å². The van der Waals surface area contributed by atoms with Gasteiger partial charge in [-0.3, -0.25) is 9.69 Å². The largest absolute Gasteiger partial charge is 0.361 e. The minimum Gasteiger partial charge on any atom is -0.361 e. The molecule has 0 radical (unpaired) electrons. The highest BCUT2D eigenvalue weighted by atomic mass is 16.2. The molecular formula is C17H19N5O. The van der Waals surface area contributed by atoms with Crippen LogP contribution in [0.5, 0.6) is 0 Å². The lowest BCUT2D eigenvalue weighted by Gasteiger charge is -2.38. The molecule has 2 aromatic heterocycles. The maximum atomic E-state index is 13.0. The highest BCUT2D eigenvalue weighted by Crippen LogP contribution is 2.24. The summed E-state index contributed by atoms with van der Waals surface area (Å²) in [5.74, 6) is 0.978. The van der Waals surface area contributed by atoms with Crippen LogP contribution in [0.2, 0.25) is 0 Å². The van der Waals surface area contributed by atoms with Crippen molar-refractivity contribution in [2.75, 3.05) is 26.7 Å². The summed E-state index contributed by atoms with van der Waals surface area (Å²) in [7, 11) is 2.07. The number of carbonyl (C=O) groups excluding carboxylic acids is 1. The summed E-state index contributed by atoms with van der Waals surface area (Å²) < 4.78 is 0. The van der Waals surface area contributed by atoms with Crippen LogP contribution >= 0.6 is 0 Å². The number of para-hydroxylation sites is 1. The minimum atomic E-state index is 0.0720. The molecule has 3 aromatic rings. The van der Waals surface area contributed by atoms with E-state index in [1.165, 1.54) is 0 Å². The van der Waals surface area contributed by atoms with Crippen LogP contribution in [0.25, 0.3) is 10.9 Å². The first-order valence-corrected chi connectivity index (χ1v) is 7.79. The number of imidazole rings is 1. The molecule has 0 aliphatic carbocycles. The number of aromatic nitrogens is 3. The second-order valence-corrected chi connectivity index (χ2v) is 5.97. The van der Waals surface area contributed by atoms with E-state index in [-0.39, 0.29) is 11.9 Å². The summed E-state index contributed by atoms with van der Waals surface area (Å²) in [5, 5.41) is 1.06. The molecule has 1 fully saturated rings. The quantitative estimate of drug-likeness (QED) is 0.761. The Bertz CT molecular complexity index is 823. The normalized spacial score (nSPS) is 19.3. The van der Waals surface area contributed by atoms with Crippen LogP contribution < -0.4 is 0 Å². The Kier molecular flexibility index (Phi) is 3.38. The Morgan fingerprint density at radius 1 is 1.22 bits per heavy atom. The molecular weight excluding hydrogens is 290 g/mol. The Balaban J connectivity index is 1.62. The number of hydrogen-bond donors (Lipinski definition) is 2. The summed E-state index contributed by atoms with van der Waals surface area (Å²) in [6.07, 6.45) is 5.45. The number of aromatic amines is 2. The molecule has 1 aliphatic rings. The van der Waals surface area contributed by atoms with E-state index in [2.05, 4.69) is 26.9 Å². The fraction of sp³-hybridized carbons (Fsp3) is 0.294. The molecule has 4 rings (SSSR count). The van der Waals surface area contributed by atoms with Gasteiger partial charge in [0.05, 0.1) is 17.1 Å². The predicted octanol–water partition coefficient (Wildman–Crippen LogP) is 2.02. The van der Waals surface area contributed by atoms with Crippen LogP contribution in [0.15, 0.2) is 42.9 Å². The second-order valence-electron chi connectivity index (χ2n) is 5.97. The van der Waals surface area contributed by atoms with Crippen molar-refractivity contribution >= 4 is 16.8 Å². The molecule has 0 saturated carbocycles.